The Balaban J connectivity index is 3.37. The van der Waals surface area contributed by atoms with Crippen LogP contribution in [0.15, 0.2) is 36.5 Å². The zero-order valence-corrected chi connectivity index (χ0v) is 51.5. The molecule has 76 heavy (non-hydrogen) atoms. The van der Waals surface area contributed by atoms with E-state index in [-0.39, 0.29) is 25.2 Å². The van der Waals surface area contributed by atoms with Crippen molar-refractivity contribution in [3.05, 3.63) is 36.5 Å². The van der Waals surface area contributed by atoms with E-state index in [1.54, 1.807) is 0 Å². The van der Waals surface area contributed by atoms with Gasteiger partial charge in [-0.05, 0) is 51.4 Å². The van der Waals surface area contributed by atoms with E-state index >= 15 is 0 Å². The molecule has 0 aromatic carbocycles. The quantitative estimate of drug-likeness (QED) is 0.0373. The highest BCUT2D eigenvalue weighted by molar-refractivity contribution is 5.70. The number of hydrogen-bond donors (Lipinski definition) is 1. The van der Waals surface area contributed by atoms with Crippen LogP contribution < -0.4 is 0 Å². The van der Waals surface area contributed by atoms with Gasteiger partial charge in [0.25, 0.3) is 0 Å². The van der Waals surface area contributed by atoms with Gasteiger partial charge in [-0.2, -0.15) is 0 Å². The third-order valence-corrected chi connectivity index (χ3v) is 15.9. The summed E-state index contributed by atoms with van der Waals surface area (Å²) in [5.74, 6) is -0.580. The lowest BCUT2D eigenvalue weighted by atomic mass is 10.0. The summed E-state index contributed by atoms with van der Waals surface area (Å²) < 4.78 is 10.7. The predicted octanol–water partition coefficient (Wildman–Crippen LogP) is 23.8. The Morgan fingerprint density at radius 1 is 0.303 bits per heavy atom. The minimum atomic E-state index is -0.776. The Kier molecular flexibility index (Phi) is 65.7. The van der Waals surface area contributed by atoms with Crippen molar-refractivity contribution in [2.75, 3.05) is 13.2 Å². The van der Waals surface area contributed by atoms with Gasteiger partial charge in [0.15, 0.2) is 6.10 Å². The predicted molar refractivity (Wildman–Crippen MR) is 334 cm³/mol. The number of ether oxygens (including phenoxy) is 2. The maximum atomic E-state index is 12.3. The van der Waals surface area contributed by atoms with Crippen LogP contribution in [0.2, 0.25) is 0 Å². The molecule has 1 atom stereocenters. The molecule has 5 heteroatoms. The molecule has 0 saturated heterocycles. The zero-order chi connectivity index (χ0) is 54.8. The normalized spacial score (nSPS) is 12.3. The van der Waals surface area contributed by atoms with Gasteiger partial charge < -0.3 is 14.6 Å². The van der Waals surface area contributed by atoms with E-state index in [0.717, 1.165) is 51.4 Å². The van der Waals surface area contributed by atoms with E-state index < -0.39 is 6.10 Å². The van der Waals surface area contributed by atoms with Crippen LogP contribution in [0.1, 0.15) is 386 Å². The van der Waals surface area contributed by atoms with Crippen molar-refractivity contribution in [1.82, 2.24) is 0 Å². The van der Waals surface area contributed by atoms with Crippen LogP contribution >= 0.6 is 0 Å². The number of hydrogen-bond acceptors (Lipinski definition) is 5. The van der Waals surface area contributed by atoms with Crippen molar-refractivity contribution in [2.45, 2.75) is 392 Å². The summed E-state index contributed by atoms with van der Waals surface area (Å²) in [6.07, 6.45) is 89.0. The highest BCUT2D eigenvalue weighted by Crippen LogP contribution is 2.19. The third-order valence-electron chi connectivity index (χ3n) is 15.9. The van der Waals surface area contributed by atoms with Crippen molar-refractivity contribution < 1.29 is 24.2 Å². The molecule has 0 aliphatic carbocycles. The van der Waals surface area contributed by atoms with Crippen LogP contribution in [0, 0.1) is 0 Å². The smallest absolute Gasteiger partial charge is 0.306 e. The summed E-state index contributed by atoms with van der Waals surface area (Å²) in [5, 5.41) is 9.68. The molecule has 0 amide bonds. The van der Waals surface area contributed by atoms with Crippen LogP contribution in [0.5, 0.6) is 0 Å². The first-order valence-corrected chi connectivity index (χ1v) is 34.5. The minimum Gasteiger partial charge on any atom is -0.462 e. The largest absolute Gasteiger partial charge is 0.462 e. The van der Waals surface area contributed by atoms with Crippen LogP contribution in [-0.2, 0) is 19.1 Å². The molecule has 0 rings (SSSR count). The van der Waals surface area contributed by atoms with Gasteiger partial charge in [0.1, 0.15) is 6.61 Å². The van der Waals surface area contributed by atoms with Gasteiger partial charge in [0.05, 0.1) is 6.61 Å². The molecule has 0 heterocycles. The van der Waals surface area contributed by atoms with E-state index in [1.165, 1.54) is 308 Å². The molecule has 0 aromatic heterocycles. The number of aliphatic hydroxyl groups excluding tert-OH is 1. The van der Waals surface area contributed by atoms with Gasteiger partial charge in [-0.1, -0.05) is 359 Å². The topological polar surface area (TPSA) is 72.8 Å². The molecule has 5 nitrogen and oxygen atoms in total. The van der Waals surface area contributed by atoms with Crippen LogP contribution in [0.4, 0.5) is 0 Å². The summed E-state index contributed by atoms with van der Waals surface area (Å²) in [7, 11) is 0. The Bertz CT molecular complexity index is 1210. The molecule has 0 spiro atoms. The van der Waals surface area contributed by atoms with Crippen molar-refractivity contribution >= 4 is 11.9 Å². The number of carbonyl (C=O) groups is 2. The van der Waals surface area contributed by atoms with Crippen LogP contribution in [0.25, 0.3) is 0 Å². The second-order valence-electron chi connectivity index (χ2n) is 23.6. The number of unbranched alkanes of at least 4 members (excludes halogenated alkanes) is 51. The second-order valence-corrected chi connectivity index (χ2v) is 23.6. The second kappa shape index (κ2) is 67.4. The average Bonchev–Trinajstić information content (AvgIpc) is 3.42. The number of allylic oxidation sites excluding steroid dienone is 6. The van der Waals surface area contributed by atoms with Gasteiger partial charge in [0, 0.05) is 12.8 Å². The Hall–Kier alpha value is -1.88. The molecule has 0 radical (unpaired) electrons. The first kappa shape index (κ1) is 74.1. The van der Waals surface area contributed by atoms with E-state index in [4.69, 9.17) is 9.47 Å². The SMILES string of the molecule is CCCCCCC/C=C\C/C=C\C/C=C\CCCCCCCCCCC(=O)OC(CO)COC(=O)CCCCCCCCCCCCCCCCCCCCCCCCCCCCCCCCCCCCCCCCC. The van der Waals surface area contributed by atoms with E-state index in [9.17, 15) is 14.7 Å². The van der Waals surface area contributed by atoms with E-state index in [1.807, 2.05) is 0 Å². The number of rotatable bonds is 65. The van der Waals surface area contributed by atoms with Gasteiger partial charge in [-0.25, -0.2) is 0 Å². The molecular formula is C71H134O5. The van der Waals surface area contributed by atoms with Crippen LogP contribution in [0.3, 0.4) is 0 Å². The van der Waals surface area contributed by atoms with Crippen molar-refractivity contribution in [3.8, 4) is 0 Å². The summed E-state index contributed by atoms with van der Waals surface area (Å²) in [4.78, 5) is 24.6. The molecule has 0 fully saturated rings. The summed E-state index contributed by atoms with van der Waals surface area (Å²) >= 11 is 0. The van der Waals surface area contributed by atoms with Crippen molar-refractivity contribution in [2.24, 2.45) is 0 Å². The fourth-order valence-corrected chi connectivity index (χ4v) is 10.7. The lowest BCUT2D eigenvalue weighted by Crippen LogP contribution is -2.28. The summed E-state index contributed by atoms with van der Waals surface area (Å²) in [6, 6.07) is 0. The lowest BCUT2D eigenvalue weighted by molar-refractivity contribution is -0.161. The third kappa shape index (κ3) is 64.6. The first-order chi connectivity index (χ1) is 37.6. The summed E-state index contributed by atoms with van der Waals surface area (Å²) in [5.41, 5.74) is 0. The molecule has 0 bridgehead atoms. The highest BCUT2D eigenvalue weighted by atomic mass is 16.6. The monoisotopic (exact) mass is 1070 g/mol. The molecule has 1 unspecified atom stereocenters. The Morgan fingerprint density at radius 2 is 0.526 bits per heavy atom. The highest BCUT2D eigenvalue weighted by Gasteiger charge is 2.16. The van der Waals surface area contributed by atoms with Gasteiger partial charge in [0.2, 0.25) is 0 Å². The fourth-order valence-electron chi connectivity index (χ4n) is 10.7. The average molecular weight is 1070 g/mol. The molecule has 0 aromatic rings. The number of aliphatic hydroxyl groups is 1. The number of esters is 2. The molecule has 448 valence electrons. The van der Waals surface area contributed by atoms with Gasteiger partial charge in [-0.3, -0.25) is 9.59 Å². The number of carbonyl (C=O) groups excluding carboxylic acids is 2. The Morgan fingerprint density at radius 3 is 0.789 bits per heavy atom. The van der Waals surface area contributed by atoms with Gasteiger partial charge >= 0.3 is 11.9 Å². The fraction of sp³-hybridized carbons (Fsp3) is 0.887. The molecule has 0 aliphatic rings. The molecule has 1 N–H and O–H groups in total. The van der Waals surface area contributed by atoms with Crippen molar-refractivity contribution in [3.63, 3.8) is 0 Å². The molecule has 0 saturated carbocycles. The Labute approximate surface area is 476 Å². The standard InChI is InChI=1S/C71H134O5/c1-3-5-7-9-11-13-15-17-19-21-23-25-27-28-29-30-31-32-33-34-35-36-37-38-39-40-41-42-44-45-47-49-51-53-55-57-59-61-63-65-70(73)75-68-69(67-72)76-71(74)66-64-62-60-58-56-54-52-50-48-46-43-26-24-22-20-18-16-14-12-10-8-6-4-2/h16,18,22,24,43,46,69,72H,3-15,17,19-21,23,25-42,44-45,47-68H2,1-2H3/b18-16-,24-22-,46-43-. The molecular weight excluding hydrogens is 933 g/mol. The van der Waals surface area contributed by atoms with E-state index in [2.05, 4.69) is 50.3 Å². The van der Waals surface area contributed by atoms with Crippen molar-refractivity contribution in [1.29, 1.82) is 0 Å². The van der Waals surface area contributed by atoms with Gasteiger partial charge in [-0.15, -0.1) is 0 Å². The lowest BCUT2D eigenvalue weighted by Gasteiger charge is -2.15. The maximum absolute atomic E-state index is 12.3. The van der Waals surface area contributed by atoms with Crippen LogP contribution in [-0.4, -0.2) is 36.4 Å². The minimum absolute atomic E-state index is 0.0646. The maximum Gasteiger partial charge on any atom is 0.306 e. The zero-order valence-electron chi connectivity index (χ0n) is 51.5. The molecule has 0 aliphatic heterocycles. The van der Waals surface area contributed by atoms with E-state index in [0.29, 0.717) is 12.8 Å². The summed E-state index contributed by atoms with van der Waals surface area (Å²) in [6.45, 7) is 4.18. The first-order valence-electron chi connectivity index (χ1n) is 34.5.